The average Bonchev–Trinajstić information content (AvgIpc) is 3.00. The lowest BCUT2D eigenvalue weighted by atomic mass is 9.94. The standard InChI is InChI=1S/C27H30ClN7O6.C15H16ClNO2.C12H15IN6O4/c1-2-30-25(38)22-20(36)21(37)26(41-22)35-14-31-19-23(29)32-18(33-24(19)35)5-3-4-15-10-12-34(13-11-15)27(39)40-17-8-6-16(28)7-9-17;1-2-3-12-8-10-17(11-9-12)15(18)19-14-6-4-13(16)5-7-14;1-2-15-10(22)7-5(20)6(21)11(23-7)19-3-16-4-8(14)17-12(13)18-9(4)19/h6-9,14-15,20-22,26,36-37H,2,4,10-13H2,1H3,(H,30,38)(H2,29,32,33);1,4-7,12H,3,8-11H2;3,5-7,11,20-21H,2H2,1H3,(H,15,22)(H2,14,17,18)/t20-,21?,22+,26-;;5-,6?,7+,11-/m1.1/s1. The van der Waals surface area contributed by atoms with Gasteiger partial charge in [0, 0.05) is 84.7 Å². The number of hydrogen-bond donors (Lipinski definition) is 8. The molecule has 0 aliphatic carbocycles. The van der Waals surface area contributed by atoms with Crippen molar-refractivity contribution in [3.8, 4) is 35.7 Å². The van der Waals surface area contributed by atoms with Crippen LogP contribution in [-0.4, -0.2) is 169 Å². The Morgan fingerprint density at radius 3 is 1.52 bits per heavy atom. The molecule has 29 heteroatoms. The van der Waals surface area contributed by atoms with Crippen LogP contribution in [0.3, 0.4) is 0 Å². The Morgan fingerprint density at radius 1 is 0.663 bits per heavy atom. The number of terminal acetylenes is 1. The minimum absolute atomic E-state index is 0.0962. The number of likely N-dealkylation sites (tertiary alicyclic amines) is 2. The molecule has 4 aliphatic rings. The van der Waals surface area contributed by atoms with Gasteiger partial charge in [-0.15, -0.1) is 12.3 Å². The lowest BCUT2D eigenvalue weighted by molar-refractivity contribution is -0.138. The van der Waals surface area contributed by atoms with Gasteiger partial charge in [0.05, 0.1) is 12.7 Å². The maximum absolute atomic E-state index is 12.5. The number of rotatable bonds is 10. The van der Waals surface area contributed by atoms with Gasteiger partial charge in [-0.3, -0.25) is 18.7 Å². The number of carbonyl (C=O) groups excluding carboxylic acids is 4. The van der Waals surface area contributed by atoms with Crippen LogP contribution >= 0.6 is 45.8 Å². The zero-order valence-electron chi connectivity index (χ0n) is 44.9. The molecule has 0 radical (unpaired) electrons. The van der Waals surface area contributed by atoms with Gasteiger partial charge in [-0.2, -0.15) is 0 Å². The van der Waals surface area contributed by atoms with Gasteiger partial charge in [-0.1, -0.05) is 29.1 Å². The third-order valence-corrected chi connectivity index (χ3v) is 14.9. The Balaban J connectivity index is 0.000000180. The number of imidazole rings is 2. The molecule has 0 bridgehead atoms. The monoisotopic (exact) mass is 1290 g/mol. The summed E-state index contributed by atoms with van der Waals surface area (Å²) in [5, 5.41) is 47.6. The molecule has 0 saturated carbocycles. The topological polar surface area (TPSA) is 356 Å². The van der Waals surface area contributed by atoms with Crippen molar-refractivity contribution in [1.82, 2.24) is 59.5 Å². The predicted molar refractivity (Wildman–Crippen MR) is 310 cm³/mol. The van der Waals surface area contributed by atoms with Crippen molar-refractivity contribution in [2.75, 3.05) is 50.7 Å². The van der Waals surface area contributed by atoms with Crippen LogP contribution in [0.15, 0.2) is 61.2 Å². The van der Waals surface area contributed by atoms with Gasteiger partial charge in [-0.25, -0.2) is 39.5 Å². The van der Waals surface area contributed by atoms with E-state index in [9.17, 15) is 39.6 Å². The van der Waals surface area contributed by atoms with E-state index in [-0.39, 0.29) is 40.6 Å². The highest BCUT2D eigenvalue weighted by Gasteiger charge is 2.49. The maximum Gasteiger partial charge on any atom is 0.415 e. The highest BCUT2D eigenvalue weighted by atomic mass is 127. The second-order valence-electron chi connectivity index (χ2n) is 19.5. The molecule has 4 saturated heterocycles. The summed E-state index contributed by atoms with van der Waals surface area (Å²) >= 11 is 13.6. The van der Waals surface area contributed by atoms with Crippen molar-refractivity contribution in [2.45, 2.75) is 101 Å². The summed E-state index contributed by atoms with van der Waals surface area (Å²) in [7, 11) is 0. The summed E-state index contributed by atoms with van der Waals surface area (Å²) in [6.07, 6.45) is 2.08. The van der Waals surface area contributed by atoms with Crippen molar-refractivity contribution in [3.63, 3.8) is 0 Å². The first kappa shape index (κ1) is 61.9. The van der Waals surface area contributed by atoms with E-state index in [1.165, 1.54) is 21.8 Å². The number of anilines is 2. The van der Waals surface area contributed by atoms with Crippen LogP contribution in [0.4, 0.5) is 21.2 Å². The first-order valence-corrected chi connectivity index (χ1v) is 28.3. The average molecular weight is 1300 g/mol. The van der Waals surface area contributed by atoms with Crippen LogP contribution in [0.25, 0.3) is 22.3 Å². The molecule has 6 aromatic rings. The number of aliphatic hydroxyl groups excluding tert-OH is 4. The van der Waals surface area contributed by atoms with Gasteiger partial charge in [0.1, 0.15) is 46.9 Å². The molecule has 10 N–H and O–H groups in total. The van der Waals surface area contributed by atoms with Gasteiger partial charge in [0.15, 0.2) is 51.4 Å². The molecular formula is C54H61Cl2IN14O12. The number of halogens is 3. The van der Waals surface area contributed by atoms with Crippen LogP contribution in [0.1, 0.15) is 70.7 Å². The number of nitrogens with zero attached hydrogens (tertiary/aromatic N) is 10. The van der Waals surface area contributed by atoms with Crippen LogP contribution < -0.4 is 31.6 Å². The third-order valence-electron chi connectivity index (χ3n) is 13.9. The van der Waals surface area contributed by atoms with Crippen LogP contribution in [0, 0.1) is 39.9 Å². The summed E-state index contributed by atoms with van der Waals surface area (Å²) in [6.45, 7) is 6.75. The second-order valence-corrected chi connectivity index (χ2v) is 21.4. The van der Waals surface area contributed by atoms with Gasteiger partial charge in [0.2, 0.25) is 5.82 Å². The number of carbonyl (C=O) groups is 4. The summed E-state index contributed by atoms with van der Waals surface area (Å²) < 4.78 is 25.2. The fourth-order valence-electron chi connectivity index (χ4n) is 9.46. The van der Waals surface area contributed by atoms with Crippen LogP contribution in [-0.2, 0) is 19.1 Å². The van der Waals surface area contributed by atoms with E-state index in [1.54, 1.807) is 72.2 Å². The van der Waals surface area contributed by atoms with Crippen molar-refractivity contribution >= 4 is 104 Å². The van der Waals surface area contributed by atoms with Crippen molar-refractivity contribution in [2.24, 2.45) is 11.8 Å². The molecule has 2 unspecified atom stereocenters. The predicted octanol–water partition coefficient (Wildman–Crippen LogP) is 3.81. The Labute approximate surface area is 499 Å². The molecule has 440 valence electrons. The molecule has 26 nitrogen and oxygen atoms in total. The zero-order chi connectivity index (χ0) is 59.5. The Bertz CT molecular complexity index is 3360. The van der Waals surface area contributed by atoms with E-state index >= 15 is 0 Å². The first-order chi connectivity index (χ1) is 39.9. The number of nitrogens with two attached hydrogens (primary N) is 2. The van der Waals surface area contributed by atoms with Gasteiger partial charge in [-0.05, 0) is 106 Å². The zero-order valence-corrected chi connectivity index (χ0v) is 48.6. The number of hydrogen-bond acceptors (Lipinski definition) is 20. The number of amides is 4. The Morgan fingerprint density at radius 2 is 1.08 bits per heavy atom. The number of nitrogen functional groups attached to an aromatic ring is 2. The smallest absolute Gasteiger partial charge is 0.410 e. The highest BCUT2D eigenvalue weighted by Crippen LogP contribution is 2.34. The van der Waals surface area contributed by atoms with E-state index in [0.29, 0.717) is 88.1 Å². The number of piperidine rings is 2. The SMILES string of the molecule is C#CCC1CCN(C(=O)Oc2ccc(Cl)cc2)CC1.CCNC(=O)[C@H]1O[C@@H](n2cnc3c(N)nc(C#CCC4CCN(C(=O)Oc5ccc(Cl)cc5)CC4)nc32)C(O)[C@H]1O.CCNC(=O)[C@H]1O[C@@H](n2cnc3c(N)nc(I)nc32)C(O)[C@H]1O. The van der Waals surface area contributed by atoms with Gasteiger partial charge in [0.25, 0.3) is 11.8 Å². The molecule has 8 heterocycles. The third kappa shape index (κ3) is 15.1. The molecule has 10 rings (SSSR count). The molecule has 83 heavy (non-hydrogen) atoms. The fraction of sp³-hybridized carbons (Fsp3) is 0.444. The number of fused-ring (bicyclic) bond motifs is 2. The minimum atomic E-state index is -1.44. The lowest BCUT2D eigenvalue weighted by Gasteiger charge is -2.30. The molecule has 4 fully saturated rings. The largest absolute Gasteiger partial charge is 0.415 e. The van der Waals surface area contributed by atoms with Gasteiger partial charge < -0.3 is 71.3 Å². The fourth-order valence-corrected chi connectivity index (χ4v) is 10.2. The van der Waals surface area contributed by atoms with Gasteiger partial charge >= 0.3 is 12.2 Å². The van der Waals surface area contributed by atoms with Crippen molar-refractivity contribution in [3.05, 3.63) is 80.9 Å². The second kappa shape index (κ2) is 28.4. The normalized spacial score (nSPS) is 22.5. The lowest BCUT2D eigenvalue weighted by Crippen LogP contribution is -2.42. The van der Waals surface area contributed by atoms with E-state index in [0.717, 1.165) is 32.1 Å². The molecule has 4 aromatic heterocycles. The summed E-state index contributed by atoms with van der Waals surface area (Å²) in [5.41, 5.74) is 13.1. The molecule has 8 atom stereocenters. The first-order valence-electron chi connectivity index (χ1n) is 26.5. The Kier molecular flexibility index (Phi) is 21.2. The van der Waals surface area contributed by atoms with Crippen LogP contribution in [0.2, 0.25) is 10.0 Å². The quantitative estimate of drug-likeness (QED) is 0.0549. The number of aromatic nitrogens is 8. The number of ether oxygens (including phenoxy) is 4. The van der Waals surface area contributed by atoms with Crippen molar-refractivity contribution in [1.29, 1.82) is 0 Å². The molecule has 4 amide bonds. The number of likely N-dealkylation sites (N-methyl/N-ethyl adjacent to an activating group) is 2. The Hall–Kier alpha value is -7.19. The number of benzene rings is 2. The maximum atomic E-state index is 12.5. The molecule has 2 aromatic carbocycles. The van der Waals surface area contributed by atoms with Crippen LogP contribution in [0.5, 0.6) is 11.5 Å². The molecule has 4 aliphatic heterocycles. The summed E-state index contributed by atoms with van der Waals surface area (Å²) in [4.78, 5) is 77.2. The summed E-state index contributed by atoms with van der Waals surface area (Å²) in [6, 6.07) is 13.4. The van der Waals surface area contributed by atoms with E-state index in [1.807, 2.05) is 22.6 Å². The van der Waals surface area contributed by atoms with E-state index in [4.69, 9.17) is 60.0 Å². The number of nitrogens with one attached hydrogen (secondary N) is 2. The van der Waals surface area contributed by atoms with E-state index < -0.39 is 67.0 Å². The molecular weight excluding hydrogens is 1230 g/mol. The molecule has 0 spiro atoms. The van der Waals surface area contributed by atoms with Crippen molar-refractivity contribution < 1.29 is 58.6 Å². The summed E-state index contributed by atoms with van der Waals surface area (Å²) in [5.74, 6) is 9.93. The highest BCUT2D eigenvalue weighted by molar-refractivity contribution is 14.1. The minimum Gasteiger partial charge on any atom is -0.410 e. The number of aliphatic hydroxyl groups is 4. The van der Waals surface area contributed by atoms with E-state index in [2.05, 4.69) is 58.3 Å².